The minimum absolute atomic E-state index is 0.0295. The van der Waals surface area contributed by atoms with Crippen LogP contribution < -0.4 is 10.1 Å². The van der Waals surface area contributed by atoms with Crippen LogP contribution in [-0.4, -0.2) is 16.8 Å². The predicted molar refractivity (Wildman–Crippen MR) is 84.3 cm³/mol. The first-order valence-electron chi connectivity index (χ1n) is 7.08. The van der Waals surface area contributed by atoms with E-state index in [9.17, 15) is 18.0 Å². The zero-order chi connectivity index (χ0) is 17.3. The average molecular weight is 334 g/mol. The maximum atomic E-state index is 12.8. The van der Waals surface area contributed by atoms with Crippen LogP contribution in [0.4, 0.5) is 18.9 Å². The zero-order valence-electron chi connectivity index (χ0n) is 12.6. The number of amides is 1. The number of benzene rings is 2. The molecule has 2 aromatic carbocycles. The normalized spacial score (nSPS) is 11.5. The lowest BCUT2D eigenvalue weighted by molar-refractivity contribution is -0.273. The number of carbonyl (C=O) groups is 1. The van der Waals surface area contributed by atoms with Crippen molar-refractivity contribution < 1.29 is 22.7 Å². The summed E-state index contributed by atoms with van der Waals surface area (Å²) < 4.78 is 44.2. The summed E-state index contributed by atoms with van der Waals surface area (Å²) >= 11 is 0. The van der Waals surface area contributed by atoms with Gasteiger partial charge in [0, 0.05) is 24.2 Å². The Labute approximate surface area is 135 Å². The van der Waals surface area contributed by atoms with Crippen molar-refractivity contribution in [3.8, 4) is 11.4 Å². The first-order valence-corrected chi connectivity index (χ1v) is 7.08. The molecule has 0 atom stereocenters. The fourth-order valence-corrected chi connectivity index (χ4v) is 2.52. The molecule has 0 aliphatic rings. The molecule has 0 saturated carbocycles. The monoisotopic (exact) mass is 334 g/mol. The first-order chi connectivity index (χ1) is 11.3. The van der Waals surface area contributed by atoms with Crippen LogP contribution in [0.2, 0.25) is 0 Å². The minimum Gasteiger partial charge on any atom is -0.403 e. The summed E-state index contributed by atoms with van der Waals surface area (Å²) in [4.78, 5) is 11.2. The third kappa shape index (κ3) is 3.19. The van der Waals surface area contributed by atoms with Crippen LogP contribution in [0.1, 0.15) is 6.92 Å². The number of hydrogen-bond donors (Lipinski definition) is 1. The van der Waals surface area contributed by atoms with E-state index in [2.05, 4.69) is 10.1 Å². The van der Waals surface area contributed by atoms with E-state index in [0.717, 1.165) is 5.69 Å². The maximum Gasteiger partial charge on any atom is 0.573 e. The van der Waals surface area contributed by atoms with Gasteiger partial charge in [0.25, 0.3) is 0 Å². The van der Waals surface area contributed by atoms with Gasteiger partial charge in [0.15, 0.2) is 5.75 Å². The van der Waals surface area contributed by atoms with Gasteiger partial charge in [-0.2, -0.15) is 0 Å². The lowest BCUT2D eigenvalue weighted by Crippen LogP contribution is -2.19. The van der Waals surface area contributed by atoms with Crippen molar-refractivity contribution >= 4 is 22.5 Å². The van der Waals surface area contributed by atoms with Gasteiger partial charge in [0.05, 0.1) is 11.2 Å². The van der Waals surface area contributed by atoms with E-state index >= 15 is 0 Å². The van der Waals surface area contributed by atoms with Gasteiger partial charge in [-0.05, 0) is 30.3 Å². The molecule has 1 amide bonds. The van der Waals surface area contributed by atoms with Gasteiger partial charge in [-0.1, -0.05) is 18.2 Å². The highest BCUT2D eigenvalue weighted by Crippen LogP contribution is 2.38. The number of ether oxygens (including phenoxy) is 1. The van der Waals surface area contributed by atoms with Gasteiger partial charge in [-0.25, -0.2) is 0 Å². The second kappa shape index (κ2) is 5.92. The number of halogens is 3. The van der Waals surface area contributed by atoms with Gasteiger partial charge in [0.1, 0.15) is 0 Å². The molecule has 24 heavy (non-hydrogen) atoms. The highest BCUT2D eigenvalue weighted by Gasteiger charge is 2.33. The number of nitrogens with zero attached hydrogens (tertiary/aromatic N) is 1. The van der Waals surface area contributed by atoms with Gasteiger partial charge < -0.3 is 14.6 Å². The molecule has 0 aliphatic carbocycles. The number of hydrogen-bond acceptors (Lipinski definition) is 2. The van der Waals surface area contributed by atoms with Crippen LogP contribution in [0, 0.1) is 0 Å². The molecule has 0 unspecified atom stereocenters. The van der Waals surface area contributed by atoms with Crippen molar-refractivity contribution in [2.75, 3.05) is 5.32 Å². The average Bonchev–Trinajstić information content (AvgIpc) is 2.93. The van der Waals surface area contributed by atoms with E-state index in [1.807, 2.05) is 30.3 Å². The molecule has 0 saturated heterocycles. The molecule has 4 nitrogen and oxygen atoms in total. The molecule has 0 radical (unpaired) electrons. The van der Waals surface area contributed by atoms with E-state index < -0.39 is 18.0 Å². The Bertz CT molecular complexity index is 886. The number of anilines is 1. The molecule has 1 N–H and O–H groups in total. The molecule has 0 aliphatic heterocycles. The van der Waals surface area contributed by atoms with Crippen LogP contribution in [0.5, 0.6) is 5.75 Å². The molecular formula is C17H13F3N2O2. The molecule has 0 spiro atoms. The summed E-state index contributed by atoms with van der Waals surface area (Å²) in [7, 11) is 0. The van der Waals surface area contributed by atoms with Crippen molar-refractivity contribution in [2.24, 2.45) is 0 Å². The van der Waals surface area contributed by atoms with Crippen molar-refractivity contribution in [2.45, 2.75) is 13.3 Å². The number of rotatable bonds is 3. The Morgan fingerprint density at radius 2 is 1.79 bits per heavy atom. The second-order valence-corrected chi connectivity index (χ2v) is 5.13. The van der Waals surface area contributed by atoms with Gasteiger partial charge in [-0.3, -0.25) is 4.79 Å². The second-order valence-electron chi connectivity index (χ2n) is 5.13. The quantitative estimate of drug-likeness (QED) is 0.767. The van der Waals surface area contributed by atoms with E-state index in [-0.39, 0.29) is 11.1 Å². The summed E-state index contributed by atoms with van der Waals surface area (Å²) in [5.74, 6) is -0.909. The third-order valence-corrected chi connectivity index (χ3v) is 3.39. The summed E-state index contributed by atoms with van der Waals surface area (Å²) in [6.07, 6.45) is -3.21. The number of para-hydroxylation sites is 1. The molecule has 1 aromatic heterocycles. The lowest BCUT2D eigenvalue weighted by Gasteiger charge is -2.15. The minimum atomic E-state index is -4.86. The Kier molecular flexibility index (Phi) is 3.92. The highest BCUT2D eigenvalue weighted by molar-refractivity contribution is 5.98. The van der Waals surface area contributed by atoms with E-state index in [1.165, 1.54) is 19.1 Å². The van der Waals surface area contributed by atoms with E-state index in [0.29, 0.717) is 5.52 Å². The summed E-state index contributed by atoms with van der Waals surface area (Å²) in [6, 6.07) is 13.7. The van der Waals surface area contributed by atoms with E-state index in [4.69, 9.17) is 0 Å². The van der Waals surface area contributed by atoms with Crippen molar-refractivity contribution in [3.63, 3.8) is 0 Å². The Morgan fingerprint density at radius 1 is 1.08 bits per heavy atom. The van der Waals surface area contributed by atoms with Crippen molar-refractivity contribution in [1.29, 1.82) is 0 Å². The highest BCUT2D eigenvalue weighted by atomic mass is 19.4. The molecule has 7 heteroatoms. The van der Waals surface area contributed by atoms with E-state index in [1.54, 1.807) is 16.8 Å². The van der Waals surface area contributed by atoms with Gasteiger partial charge in [0.2, 0.25) is 5.91 Å². The Morgan fingerprint density at radius 3 is 2.42 bits per heavy atom. The van der Waals surface area contributed by atoms with Gasteiger partial charge >= 0.3 is 6.36 Å². The summed E-state index contributed by atoms with van der Waals surface area (Å²) in [6.45, 7) is 1.22. The molecular weight excluding hydrogens is 321 g/mol. The molecule has 124 valence electrons. The molecule has 0 bridgehead atoms. The van der Waals surface area contributed by atoms with Crippen LogP contribution >= 0.6 is 0 Å². The van der Waals surface area contributed by atoms with Crippen LogP contribution in [0.3, 0.4) is 0 Å². The lowest BCUT2D eigenvalue weighted by atomic mass is 10.2. The molecule has 3 rings (SSSR count). The Hall–Kier alpha value is -2.96. The van der Waals surface area contributed by atoms with Crippen molar-refractivity contribution in [1.82, 2.24) is 4.57 Å². The van der Waals surface area contributed by atoms with Gasteiger partial charge in [-0.15, -0.1) is 13.2 Å². The number of alkyl halides is 3. The zero-order valence-corrected chi connectivity index (χ0v) is 12.6. The SMILES string of the molecule is CC(=O)Nc1ccc2c(ccn2-c2ccccc2)c1OC(F)(F)F. The standard InChI is InChI=1S/C17H13F3N2O2/c1-11(23)21-14-7-8-15-13(16(14)24-17(18,19)20)9-10-22(15)12-5-3-2-4-6-12/h2-10H,1H3,(H,21,23). The van der Waals surface area contributed by atoms with Crippen LogP contribution in [0.15, 0.2) is 54.7 Å². The summed E-state index contributed by atoms with van der Waals surface area (Å²) in [5, 5.41) is 2.62. The Balaban J connectivity index is 2.19. The molecule has 1 heterocycles. The number of carbonyl (C=O) groups excluding carboxylic acids is 1. The fourth-order valence-electron chi connectivity index (χ4n) is 2.52. The number of fused-ring (bicyclic) bond motifs is 1. The maximum absolute atomic E-state index is 12.8. The largest absolute Gasteiger partial charge is 0.573 e. The third-order valence-electron chi connectivity index (χ3n) is 3.39. The number of aromatic nitrogens is 1. The molecule has 0 fully saturated rings. The smallest absolute Gasteiger partial charge is 0.403 e. The van der Waals surface area contributed by atoms with Crippen LogP contribution in [-0.2, 0) is 4.79 Å². The fraction of sp³-hybridized carbons (Fsp3) is 0.118. The van der Waals surface area contributed by atoms with Crippen molar-refractivity contribution in [3.05, 3.63) is 54.7 Å². The molecule has 3 aromatic rings. The topological polar surface area (TPSA) is 43.3 Å². The van der Waals surface area contributed by atoms with Crippen LogP contribution in [0.25, 0.3) is 16.6 Å². The summed E-state index contributed by atoms with van der Waals surface area (Å²) in [5.41, 5.74) is 1.31. The first kappa shape index (κ1) is 15.9. The number of nitrogens with one attached hydrogen (secondary N) is 1. The predicted octanol–water partition coefficient (Wildman–Crippen LogP) is 4.49.